The van der Waals surface area contributed by atoms with Gasteiger partial charge in [-0.3, -0.25) is 10.1 Å². The Hall–Kier alpha value is -0.260. The van der Waals surface area contributed by atoms with Crippen molar-refractivity contribution in [3.05, 3.63) is 0 Å². The Morgan fingerprint density at radius 3 is 2.60 bits per heavy atom. The van der Waals surface area contributed by atoms with Gasteiger partial charge in [-0.25, -0.2) is 0 Å². The molecule has 1 atom stereocenters. The Labute approximate surface area is 126 Å². The highest BCUT2D eigenvalue weighted by Gasteiger charge is 2.37. The third-order valence-electron chi connectivity index (χ3n) is 4.17. The van der Waals surface area contributed by atoms with E-state index in [2.05, 4.69) is 5.32 Å². The van der Waals surface area contributed by atoms with Crippen LogP contribution in [0.15, 0.2) is 0 Å². The molecule has 0 bridgehead atoms. The molecular weight excluding hydrogens is 274 g/mol. The van der Waals surface area contributed by atoms with E-state index in [9.17, 15) is 9.90 Å². The normalized spacial score (nSPS) is 23.4. The molecule has 0 spiro atoms. The van der Waals surface area contributed by atoms with E-state index in [0.29, 0.717) is 6.04 Å². The van der Waals surface area contributed by atoms with Gasteiger partial charge in [0.2, 0.25) is 0 Å². The highest BCUT2D eigenvalue weighted by Crippen LogP contribution is 2.27. The Balaban J connectivity index is 1.59. The van der Waals surface area contributed by atoms with Gasteiger partial charge in [-0.2, -0.15) is 11.8 Å². The van der Waals surface area contributed by atoms with Crippen molar-refractivity contribution in [3.8, 4) is 0 Å². The molecule has 2 rings (SSSR count). The van der Waals surface area contributed by atoms with E-state index in [4.69, 9.17) is 4.74 Å². The molecule has 2 aliphatic rings. The maximum Gasteiger partial charge on any atom is 0.323 e. The van der Waals surface area contributed by atoms with Gasteiger partial charge in [0.1, 0.15) is 5.54 Å². The SMILES string of the molecule is CC(CCCCSC1CCOCC1)(NC1CC1)C(=O)O. The van der Waals surface area contributed by atoms with Crippen LogP contribution in [0, 0.1) is 0 Å². The van der Waals surface area contributed by atoms with Crippen LogP contribution in [0.5, 0.6) is 0 Å². The lowest BCUT2D eigenvalue weighted by molar-refractivity contribution is -0.144. The lowest BCUT2D eigenvalue weighted by atomic mass is 9.95. The molecule has 1 aliphatic heterocycles. The number of hydrogen-bond acceptors (Lipinski definition) is 4. The summed E-state index contributed by atoms with van der Waals surface area (Å²) < 4.78 is 5.35. The minimum Gasteiger partial charge on any atom is -0.480 e. The Kier molecular flexibility index (Phi) is 6.18. The van der Waals surface area contributed by atoms with Crippen LogP contribution < -0.4 is 5.32 Å². The standard InChI is InChI=1S/C15H27NO3S/c1-15(14(17)18,16-12-4-5-12)8-2-3-11-20-13-6-9-19-10-7-13/h12-13,16H,2-11H2,1H3,(H,17,18). The van der Waals surface area contributed by atoms with E-state index in [1.807, 2.05) is 18.7 Å². The number of unbranched alkanes of at least 4 members (excludes halogenated alkanes) is 1. The first-order valence-corrected chi connectivity index (χ1v) is 8.85. The zero-order valence-corrected chi connectivity index (χ0v) is 13.2. The zero-order valence-electron chi connectivity index (χ0n) is 12.4. The van der Waals surface area contributed by atoms with Gasteiger partial charge in [-0.15, -0.1) is 0 Å². The summed E-state index contributed by atoms with van der Waals surface area (Å²) in [5, 5.41) is 13.4. The largest absolute Gasteiger partial charge is 0.480 e. The van der Waals surface area contributed by atoms with Crippen molar-refractivity contribution in [1.82, 2.24) is 5.32 Å². The molecule has 0 aromatic rings. The molecule has 1 saturated heterocycles. The van der Waals surface area contributed by atoms with E-state index in [1.165, 1.54) is 12.8 Å². The fraction of sp³-hybridized carbons (Fsp3) is 0.933. The highest BCUT2D eigenvalue weighted by atomic mass is 32.2. The van der Waals surface area contributed by atoms with Crippen molar-refractivity contribution in [3.63, 3.8) is 0 Å². The molecule has 1 aliphatic carbocycles. The van der Waals surface area contributed by atoms with Crippen LogP contribution in [-0.2, 0) is 9.53 Å². The second kappa shape index (κ2) is 7.66. The third-order valence-corrected chi connectivity index (χ3v) is 5.63. The minimum atomic E-state index is -0.732. The predicted molar refractivity (Wildman–Crippen MR) is 82.3 cm³/mol. The molecule has 0 aromatic carbocycles. The molecule has 0 amide bonds. The van der Waals surface area contributed by atoms with Crippen LogP contribution in [-0.4, -0.2) is 46.9 Å². The number of aliphatic carboxylic acids is 1. The van der Waals surface area contributed by atoms with Crippen LogP contribution in [0.3, 0.4) is 0 Å². The molecule has 20 heavy (non-hydrogen) atoms. The summed E-state index contributed by atoms with van der Waals surface area (Å²) in [5.41, 5.74) is -0.732. The molecule has 5 heteroatoms. The van der Waals surface area contributed by atoms with Crippen molar-refractivity contribution >= 4 is 17.7 Å². The number of rotatable bonds is 9. The molecule has 0 radical (unpaired) electrons. The first-order chi connectivity index (χ1) is 9.60. The number of hydrogen-bond donors (Lipinski definition) is 2. The molecular formula is C15H27NO3S. The maximum absolute atomic E-state index is 11.4. The first kappa shape index (κ1) is 16.1. The second-order valence-electron chi connectivity index (χ2n) is 6.20. The average molecular weight is 301 g/mol. The Morgan fingerprint density at radius 2 is 2.00 bits per heavy atom. The summed E-state index contributed by atoms with van der Waals surface area (Å²) >= 11 is 2.03. The second-order valence-corrected chi connectivity index (χ2v) is 7.60. The molecule has 116 valence electrons. The first-order valence-electron chi connectivity index (χ1n) is 7.80. The molecule has 2 N–H and O–H groups in total. The predicted octanol–water partition coefficient (Wildman–Crippen LogP) is 2.66. The van der Waals surface area contributed by atoms with Crippen LogP contribution >= 0.6 is 11.8 Å². The molecule has 1 saturated carbocycles. The number of thioether (sulfide) groups is 1. The lowest BCUT2D eigenvalue weighted by Gasteiger charge is -2.26. The van der Waals surface area contributed by atoms with E-state index in [1.54, 1.807) is 0 Å². The van der Waals surface area contributed by atoms with Crippen LogP contribution in [0.1, 0.15) is 51.9 Å². The van der Waals surface area contributed by atoms with Crippen molar-refractivity contribution in [2.24, 2.45) is 0 Å². The summed E-state index contributed by atoms with van der Waals surface area (Å²) in [4.78, 5) is 11.4. The van der Waals surface area contributed by atoms with Crippen LogP contribution in [0.2, 0.25) is 0 Å². The maximum atomic E-state index is 11.4. The Bertz CT molecular complexity index is 316. The smallest absolute Gasteiger partial charge is 0.323 e. The summed E-state index contributed by atoms with van der Waals surface area (Å²) in [5.74, 6) is 0.436. The van der Waals surface area contributed by atoms with E-state index in [-0.39, 0.29) is 0 Å². The van der Waals surface area contributed by atoms with Gasteiger partial charge < -0.3 is 9.84 Å². The van der Waals surface area contributed by atoms with Crippen LogP contribution in [0.4, 0.5) is 0 Å². The molecule has 0 aromatic heterocycles. The highest BCUT2D eigenvalue weighted by molar-refractivity contribution is 7.99. The molecule has 1 heterocycles. The topological polar surface area (TPSA) is 58.6 Å². The van der Waals surface area contributed by atoms with Gasteiger partial charge >= 0.3 is 5.97 Å². The van der Waals surface area contributed by atoms with Crippen molar-refractivity contribution in [2.45, 2.75) is 68.7 Å². The summed E-state index contributed by atoms with van der Waals surface area (Å²) in [6, 6.07) is 0.438. The van der Waals surface area contributed by atoms with Gasteiger partial charge in [-0.1, -0.05) is 6.42 Å². The van der Waals surface area contributed by atoms with E-state index >= 15 is 0 Å². The lowest BCUT2D eigenvalue weighted by Crippen LogP contribution is -2.50. The fourth-order valence-electron chi connectivity index (χ4n) is 2.59. The number of carboxylic acid groups (broad SMARTS) is 1. The van der Waals surface area contributed by atoms with Gasteiger partial charge in [-0.05, 0) is 51.2 Å². The summed E-state index contributed by atoms with van der Waals surface area (Å²) in [6.07, 6.45) is 7.41. The quantitative estimate of drug-likeness (QED) is 0.641. The van der Waals surface area contributed by atoms with Crippen molar-refractivity contribution in [2.75, 3.05) is 19.0 Å². The number of carbonyl (C=O) groups is 1. The van der Waals surface area contributed by atoms with Crippen molar-refractivity contribution in [1.29, 1.82) is 0 Å². The van der Waals surface area contributed by atoms with E-state index < -0.39 is 11.5 Å². The van der Waals surface area contributed by atoms with Crippen molar-refractivity contribution < 1.29 is 14.6 Å². The molecule has 2 fully saturated rings. The summed E-state index contributed by atoms with van der Waals surface area (Å²) in [6.45, 7) is 3.64. The van der Waals surface area contributed by atoms with Gasteiger partial charge in [0.05, 0.1) is 0 Å². The number of ether oxygens (including phenoxy) is 1. The van der Waals surface area contributed by atoms with Gasteiger partial charge in [0.15, 0.2) is 0 Å². The zero-order chi connectivity index (χ0) is 14.4. The minimum absolute atomic E-state index is 0.438. The monoisotopic (exact) mass is 301 g/mol. The Morgan fingerprint density at radius 1 is 1.30 bits per heavy atom. The third kappa shape index (κ3) is 5.26. The van der Waals surface area contributed by atoms with Gasteiger partial charge in [0.25, 0.3) is 0 Å². The number of nitrogens with one attached hydrogen (secondary N) is 1. The van der Waals surface area contributed by atoms with Crippen LogP contribution in [0.25, 0.3) is 0 Å². The molecule has 1 unspecified atom stereocenters. The van der Waals surface area contributed by atoms with E-state index in [0.717, 1.165) is 56.3 Å². The summed E-state index contributed by atoms with van der Waals surface area (Å²) in [7, 11) is 0. The fourth-order valence-corrected chi connectivity index (χ4v) is 3.82. The molecule has 4 nitrogen and oxygen atoms in total. The van der Waals surface area contributed by atoms with Gasteiger partial charge in [0, 0.05) is 24.5 Å². The number of carboxylic acids is 1. The average Bonchev–Trinajstić information content (AvgIpc) is 3.23.